The zero-order valence-corrected chi connectivity index (χ0v) is 10.0. The summed E-state index contributed by atoms with van der Waals surface area (Å²) in [5, 5.41) is 0.780. The van der Waals surface area contributed by atoms with Crippen LogP contribution in [0.3, 0.4) is 0 Å². The number of nitrogens with two attached hydrogens (primary N) is 1. The number of hydrogen-bond acceptors (Lipinski definition) is 2. The number of unbranched alkanes of at least 4 members (excludes halogenated alkanes) is 1. The van der Waals surface area contributed by atoms with E-state index in [1.54, 1.807) is 0 Å². The lowest BCUT2D eigenvalue weighted by atomic mass is 10.2. The lowest BCUT2D eigenvalue weighted by Gasteiger charge is -2.24. The van der Waals surface area contributed by atoms with Gasteiger partial charge in [-0.15, -0.1) is 0 Å². The van der Waals surface area contributed by atoms with E-state index in [1.807, 2.05) is 24.3 Å². The third-order valence-corrected chi connectivity index (χ3v) is 2.62. The lowest BCUT2D eigenvalue weighted by Crippen LogP contribution is -2.30. The molecule has 0 spiro atoms. The Morgan fingerprint density at radius 1 is 1.20 bits per heavy atom. The first kappa shape index (κ1) is 12.3. The number of rotatable bonds is 6. The van der Waals surface area contributed by atoms with Crippen molar-refractivity contribution in [2.24, 2.45) is 5.73 Å². The van der Waals surface area contributed by atoms with Gasteiger partial charge in [-0.1, -0.05) is 24.9 Å². The minimum atomic E-state index is 0.687. The first-order valence-corrected chi connectivity index (χ1v) is 5.86. The van der Waals surface area contributed by atoms with Gasteiger partial charge in [0.2, 0.25) is 0 Å². The third kappa shape index (κ3) is 4.10. The van der Waals surface area contributed by atoms with Gasteiger partial charge in [-0.3, -0.25) is 0 Å². The van der Waals surface area contributed by atoms with Gasteiger partial charge < -0.3 is 10.6 Å². The molecule has 1 aromatic rings. The molecule has 0 radical (unpaired) electrons. The second-order valence-corrected chi connectivity index (χ2v) is 4.04. The van der Waals surface area contributed by atoms with Gasteiger partial charge in [0.15, 0.2) is 0 Å². The molecule has 1 rings (SSSR count). The molecule has 0 saturated carbocycles. The summed E-state index contributed by atoms with van der Waals surface area (Å²) in [6.07, 6.45) is 2.40. The Hall–Kier alpha value is -0.730. The largest absolute Gasteiger partial charge is 0.370 e. The van der Waals surface area contributed by atoms with Crippen LogP contribution in [0.2, 0.25) is 5.02 Å². The van der Waals surface area contributed by atoms with Crippen molar-refractivity contribution >= 4 is 17.3 Å². The van der Waals surface area contributed by atoms with Crippen LogP contribution in [-0.2, 0) is 0 Å². The fourth-order valence-corrected chi connectivity index (χ4v) is 1.65. The van der Waals surface area contributed by atoms with Gasteiger partial charge in [0, 0.05) is 30.3 Å². The highest BCUT2D eigenvalue weighted by atomic mass is 35.5. The van der Waals surface area contributed by atoms with Crippen molar-refractivity contribution < 1.29 is 0 Å². The van der Waals surface area contributed by atoms with Crippen molar-refractivity contribution in [1.82, 2.24) is 0 Å². The minimum absolute atomic E-state index is 0.687. The number of hydrogen-bond donors (Lipinski definition) is 1. The van der Waals surface area contributed by atoms with Crippen molar-refractivity contribution in [3.05, 3.63) is 29.3 Å². The van der Waals surface area contributed by atoms with E-state index in [1.165, 1.54) is 18.5 Å². The van der Waals surface area contributed by atoms with E-state index >= 15 is 0 Å². The molecule has 0 aliphatic heterocycles. The Bertz CT molecular complexity index is 271. The summed E-state index contributed by atoms with van der Waals surface area (Å²) in [6, 6.07) is 7.94. The van der Waals surface area contributed by atoms with Crippen LogP contribution >= 0.6 is 11.6 Å². The topological polar surface area (TPSA) is 29.3 Å². The molecule has 0 amide bonds. The molecule has 0 aliphatic carbocycles. The SMILES string of the molecule is CCCCN(CCN)c1ccc(Cl)cc1. The van der Waals surface area contributed by atoms with Crippen molar-refractivity contribution in [1.29, 1.82) is 0 Å². The Kier molecular flexibility index (Phi) is 5.51. The predicted molar refractivity (Wildman–Crippen MR) is 67.6 cm³/mol. The van der Waals surface area contributed by atoms with E-state index in [9.17, 15) is 0 Å². The molecule has 1 aromatic carbocycles. The molecule has 0 fully saturated rings. The Morgan fingerprint density at radius 2 is 1.87 bits per heavy atom. The van der Waals surface area contributed by atoms with Gasteiger partial charge in [-0.2, -0.15) is 0 Å². The van der Waals surface area contributed by atoms with Crippen molar-refractivity contribution in [3.8, 4) is 0 Å². The second-order valence-electron chi connectivity index (χ2n) is 3.61. The average molecular weight is 227 g/mol. The smallest absolute Gasteiger partial charge is 0.0407 e. The summed E-state index contributed by atoms with van der Waals surface area (Å²) in [7, 11) is 0. The highest BCUT2D eigenvalue weighted by Gasteiger charge is 2.04. The Labute approximate surface area is 97.0 Å². The molecular formula is C12H19ClN2. The third-order valence-electron chi connectivity index (χ3n) is 2.37. The number of anilines is 1. The summed E-state index contributed by atoms with van der Waals surface area (Å²) < 4.78 is 0. The molecule has 3 heteroatoms. The monoisotopic (exact) mass is 226 g/mol. The fourth-order valence-electron chi connectivity index (χ4n) is 1.53. The van der Waals surface area contributed by atoms with Crippen LogP contribution in [0.1, 0.15) is 19.8 Å². The van der Waals surface area contributed by atoms with Crippen molar-refractivity contribution in [3.63, 3.8) is 0 Å². The molecular weight excluding hydrogens is 208 g/mol. The van der Waals surface area contributed by atoms with E-state index in [0.717, 1.165) is 18.1 Å². The minimum Gasteiger partial charge on any atom is -0.370 e. The number of nitrogens with zero attached hydrogens (tertiary/aromatic N) is 1. The molecule has 0 heterocycles. The maximum atomic E-state index is 5.85. The molecule has 2 N–H and O–H groups in total. The van der Waals surface area contributed by atoms with Gasteiger partial charge >= 0.3 is 0 Å². The highest BCUT2D eigenvalue weighted by molar-refractivity contribution is 6.30. The molecule has 0 unspecified atom stereocenters. The highest BCUT2D eigenvalue weighted by Crippen LogP contribution is 2.18. The molecule has 84 valence electrons. The number of benzene rings is 1. The first-order valence-electron chi connectivity index (χ1n) is 5.48. The standard InChI is InChI=1S/C12H19ClN2/c1-2-3-9-15(10-8-14)12-6-4-11(13)5-7-12/h4-7H,2-3,8-10,14H2,1H3. The van der Waals surface area contributed by atoms with Gasteiger partial charge in [0.1, 0.15) is 0 Å². The van der Waals surface area contributed by atoms with Crippen molar-refractivity contribution in [2.45, 2.75) is 19.8 Å². The van der Waals surface area contributed by atoms with Crippen LogP contribution in [0.25, 0.3) is 0 Å². The molecule has 15 heavy (non-hydrogen) atoms. The zero-order chi connectivity index (χ0) is 11.1. The van der Waals surface area contributed by atoms with Gasteiger partial charge in [0.25, 0.3) is 0 Å². The normalized spacial score (nSPS) is 10.3. The van der Waals surface area contributed by atoms with Crippen molar-refractivity contribution in [2.75, 3.05) is 24.5 Å². The summed E-state index contributed by atoms with van der Waals surface area (Å²) in [6.45, 7) is 4.85. The van der Waals surface area contributed by atoms with Crippen LogP contribution in [0.15, 0.2) is 24.3 Å². The Balaban J connectivity index is 2.65. The molecule has 0 saturated heterocycles. The predicted octanol–water partition coefficient (Wildman–Crippen LogP) is 2.91. The molecule has 0 aliphatic rings. The van der Waals surface area contributed by atoms with E-state index in [-0.39, 0.29) is 0 Å². The van der Waals surface area contributed by atoms with E-state index in [2.05, 4.69) is 11.8 Å². The van der Waals surface area contributed by atoms with Crippen LogP contribution in [0.5, 0.6) is 0 Å². The average Bonchev–Trinajstić information content (AvgIpc) is 2.25. The van der Waals surface area contributed by atoms with Crippen LogP contribution in [0, 0.1) is 0 Å². The second kappa shape index (κ2) is 6.70. The van der Waals surface area contributed by atoms with E-state index in [0.29, 0.717) is 6.54 Å². The summed E-state index contributed by atoms with van der Waals surface area (Å²) >= 11 is 5.85. The lowest BCUT2D eigenvalue weighted by molar-refractivity contribution is 0.715. The maximum absolute atomic E-state index is 5.85. The van der Waals surface area contributed by atoms with Crippen LogP contribution in [-0.4, -0.2) is 19.6 Å². The number of halogens is 1. The van der Waals surface area contributed by atoms with Crippen LogP contribution in [0.4, 0.5) is 5.69 Å². The van der Waals surface area contributed by atoms with E-state index < -0.39 is 0 Å². The Morgan fingerprint density at radius 3 is 2.40 bits per heavy atom. The molecule has 0 atom stereocenters. The maximum Gasteiger partial charge on any atom is 0.0407 e. The van der Waals surface area contributed by atoms with Gasteiger partial charge in [0.05, 0.1) is 0 Å². The van der Waals surface area contributed by atoms with Gasteiger partial charge in [-0.25, -0.2) is 0 Å². The zero-order valence-electron chi connectivity index (χ0n) is 9.25. The molecule has 2 nitrogen and oxygen atoms in total. The van der Waals surface area contributed by atoms with Crippen LogP contribution < -0.4 is 10.6 Å². The van der Waals surface area contributed by atoms with Gasteiger partial charge in [-0.05, 0) is 30.7 Å². The van der Waals surface area contributed by atoms with E-state index in [4.69, 9.17) is 17.3 Å². The summed E-state index contributed by atoms with van der Waals surface area (Å²) in [5.74, 6) is 0. The molecule has 0 bridgehead atoms. The quantitative estimate of drug-likeness (QED) is 0.808. The molecule has 0 aromatic heterocycles. The fraction of sp³-hybridized carbons (Fsp3) is 0.500. The summed E-state index contributed by atoms with van der Waals surface area (Å²) in [5.41, 5.74) is 6.81. The first-order chi connectivity index (χ1) is 7.27. The summed E-state index contributed by atoms with van der Waals surface area (Å²) in [4.78, 5) is 2.31.